The fourth-order valence-electron chi connectivity index (χ4n) is 3.77. The van der Waals surface area contributed by atoms with Crippen molar-refractivity contribution in [2.75, 3.05) is 25.4 Å². The first-order chi connectivity index (χ1) is 10.2. The Bertz CT molecular complexity index is 461. The van der Waals surface area contributed by atoms with Gasteiger partial charge in [-0.15, -0.1) is 11.8 Å². The Morgan fingerprint density at radius 1 is 1.24 bits per heavy atom. The van der Waals surface area contributed by atoms with Gasteiger partial charge in [-0.2, -0.15) is 0 Å². The molecule has 1 aromatic carbocycles. The number of hydrogen-bond acceptors (Lipinski definition) is 3. The molecule has 116 valence electrons. The molecule has 0 amide bonds. The lowest BCUT2D eigenvalue weighted by molar-refractivity contribution is -0.0942. The average Bonchev–Trinajstić information content (AvgIpc) is 2.49. The normalized spacial score (nSPS) is 30.1. The van der Waals surface area contributed by atoms with Gasteiger partial charge in [-0.3, -0.25) is 0 Å². The van der Waals surface area contributed by atoms with E-state index in [4.69, 9.17) is 0 Å². The first-order valence-corrected chi connectivity index (χ1v) is 9.28. The lowest BCUT2D eigenvalue weighted by Crippen LogP contribution is -2.53. The number of aryl methyl sites for hydroxylation is 1. The molecule has 1 aromatic rings. The maximum absolute atomic E-state index is 10.7. The highest BCUT2D eigenvalue weighted by Gasteiger charge is 2.42. The van der Waals surface area contributed by atoms with Crippen LogP contribution in [0.15, 0.2) is 29.2 Å². The molecular formula is C18H27NOS. The standard InChI is InChI=1S/C18H27NOS/c1-15-5-7-17(8-6-15)21-13-12-19-11-10-18(20)9-3-2-4-16(18)14-19/h5-8,16,20H,2-4,9-14H2,1H3. The van der Waals surface area contributed by atoms with E-state index in [0.29, 0.717) is 5.92 Å². The molecule has 0 radical (unpaired) electrons. The van der Waals surface area contributed by atoms with E-state index in [2.05, 4.69) is 36.1 Å². The number of fused-ring (bicyclic) bond motifs is 1. The van der Waals surface area contributed by atoms with Crippen LogP contribution < -0.4 is 0 Å². The molecule has 3 heteroatoms. The summed E-state index contributed by atoms with van der Waals surface area (Å²) in [5.74, 6) is 1.66. The Balaban J connectivity index is 1.45. The SMILES string of the molecule is Cc1ccc(SCCN2CCC3(O)CCCCC3C2)cc1. The number of aliphatic hydroxyl groups is 1. The zero-order chi connectivity index (χ0) is 14.7. The smallest absolute Gasteiger partial charge is 0.0700 e. The average molecular weight is 305 g/mol. The molecule has 2 aliphatic rings. The summed E-state index contributed by atoms with van der Waals surface area (Å²) in [5, 5.41) is 10.7. The topological polar surface area (TPSA) is 23.5 Å². The molecule has 2 unspecified atom stereocenters. The summed E-state index contributed by atoms with van der Waals surface area (Å²) in [6, 6.07) is 8.81. The van der Waals surface area contributed by atoms with Crippen molar-refractivity contribution in [2.45, 2.75) is 49.5 Å². The van der Waals surface area contributed by atoms with Crippen molar-refractivity contribution >= 4 is 11.8 Å². The third-order valence-corrected chi connectivity index (χ3v) is 6.20. The van der Waals surface area contributed by atoms with Crippen molar-refractivity contribution in [3.8, 4) is 0 Å². The third-order valence-electron chi connectivity index (χ3n) is 5.21. The van der Waals surface area contributed by atoms with Gasteiger partial charge in [0.05, 0.1) is 5.60 Å². The Morgan fingerprint density at radius 3 is 2.86 bits per heavy atom. The molecule has 2 nitrogen and oxygen atoms in total. The maximum atomic E-state index is 10.7. The fourth-order valence-corrected chi connectivity index (χ4v) is 4.68. The van der Waals surface area contributed by atoms with E-state index < -0.39 is 0 Å². The highest BCUT2D eigenvalue weighted by molar-refractivity contribution is 7.99. The highest BCUT2D eigenvalue weighted by Crippen LogP contribution is 2.39. The van der Waals surface area contributed by atoms with Crippen molar-refractivity contribution in [1.82, 2.24) is 4.90 Å². The van der Waals surface area contributed by atoms with E-state index in [1.54, 1.807) is 0 Å². The van der Waals surface area contributed by atoms with Gasteiger partial charge in [0, 0.05) is 36.2 Å². The Kier molecular flexibility index (Phi) is 4.92. The number of hydrogen-bond donors (Lipinski definition) is 1. The molecule has 1 aliphatic heterocycles. The molecule has 21 heavy (non-hydrogen) atoms. The molecule has 1 saturated carbocycles. The van der Waals surface area contributed by atoms with Gasteiger partial charge in [0.15, 0.2) is 0 Å². The minimum Gasteiger partial charge on any atom is -0.390 e. The van der Waals surface area contributed by atoms with Gasteiger partial charge < -0.3 is 10.0 Å². The van der Waals surface area contributed by atoms with Crippen LogP contribution in [-0.4, -0.2) is 41.0 Å². The minimum atomic E-state index is -0.334. The van der Waals surface area contributed by atoms with E-state index in [1.807, 2.05) is 11.8 Å². The minimum absolute atomic E-state index is 0.334. The zero-order valence-corrected chi connectivity index (χ0v) is 13.9. The number of benzene rings is 1. The van der Waals surface area contributed by atoms with Gasteiger partial charge >= 0.3 is 0 Å². The molecule has 2 atom stereocenters. The monoisotopic (exact) mass is 305 g/mol. The molecule has 1 aliphatic carbocycles. The van der Waals surface area contributed by atoms with Gasteiger partial charge in [0.1, 0.15) is 0 Å². The van der Waals surface area contributed by atoms with Gasteiger partial charge in [-0.1, -0.05) is 30.5 Å². The molecule has 3 rings (SSSR count). The van der Waals surface area contributed by atoms with Crippen LogP contribution in [0.2, 0.25) is 0 Å². The second-order valence-electron chi connectivity index (χ2n) is 6.76. The van der Waals surface area contributed by atoms with Crippen molar-refractivity contribution in [3.63, 3.8) is 0 Å². The molecule has 0 spiro atoms. The quantitative estimate of drug-likeness (QED) is 0.858. The molecule has 2 fully saturated rings. The Hall–Kier alpha value is -0.510. The molecule has 0 aromatic heterocycles. The zero-order valence-electron chi connectivity index (χ0n) is 13.1. The summed E-state index contributed by atoms with van der Waals surface area (Å²) in [5.41, 5.74) is 0.991. The number of nitrogens with zero attached hydrogens (tertiary/aromatic N) is 1. The van der Waals surface area contributed by atoms with E-state index in [0.717, 1.165) is 38.2 Å². The van der Waals surface area contributed by atoms with E-state index in [9.17, 15) is 5.11 Å². The Morgan fingerprint density at radius 2 is 2.05 bits per heavy atom. The number of likely N-dealkylation sites (tertiary alicyclic amines) is 1. The van der Waals surface area contributed by atoms with Crippen LogP contribution in [0.4, 0.5) is 0 Å². The summed E-state index contributed by atoms with van der Waals surface area (Å²) in [6.07, 6.45) is 5.75. The predicted octanol–water partition coefficient (Wildman–Crippen LogP) is 3.71. The molecular weight excluding hydrogens is 278 g/mol. The summed E-state index contributed by atoms with van der Waals surface area (Å²) >= 11 is 1.95. The van der Waals surface area contributed by atoms with Crippen LogP contribution in [0, 0.1) is 12.8 Å². The number of rotatable bonds is 4. The van der Waals surface area contributed by atoms with Crippen LogP contribution in [0.5, 0.6) is 0 Å². The van der Waals surface area contributed by atoms with Crippen molar-refractivity contribution in [3.05, 3.63) is 29.8 Å². The summed E-state index contributed by atoms with van der Waals surface area (Å²) in [7, 11) is 0. The predicted molar refractivity (Wildman–Crippen MR) is 89.9 cm³/mol. The second-order valence-corrected chi connectivity index (χ2v) is 7.93. The fraction of sp³-hybridized carbons (Fsp3) is 0.667. The maximum Gasteiger partial charge on any atom is 0.0700 e. The summed E-state index contributed by atoms with van der Waals surface area (Å²) < 4.78 is 0. The first kappa shape index (κ1) is 15.4. The van der Waals surface area contributed by atoms with Gasteiger partial charge in [-0.25, -0.2) is 0 Å². The Labute approximate surface area is 132 Å². The molecule has 1 saturated heterocycles. The van der Waals surface area contributed by atoms with Gasteiger partial charge in [0.25, 0.3) is 0 Å². The number of thioether (sulfide) groups is 1. The lowest BCUT2D eigenvalue weighted by atomic mass is 9.71. The van der Waals surface area contributed by atoms with Crippen molar-refractivity contribution in [2.24, 2.45) is 5.92 Å². The van der Waals surface area contributed by atoms with Crippen molar-refractivity contribution < 1.29 is 5.11 Å². The third kappa shape index (κ3) is 3.82. The first-order valence-electron chi connectivity index (χ1n) is 8.30. The van der Waals surface area contributed by atoms with Gasteiger partial charge in [0.2, 0.25) is 0 Å². The molecule has 1 N–H and O–H groups in total. The molecule has 0 bridgehead atoms. The van der Waals surface area contributed by atoms with Gasteiger partial charge in [-0.05, 0) is 38.3 Å². The molecule has 1 heterocycles. The van der Waals surface area contributed by atoms with Crippen LogP contribution in [0.25, 0.3) is 0 Å². The largest absolute Gasteiger partial charge is 0.390 e. The van der Waals surface area contributed by atoms with Crippen LogP contribution in [0.3, 0.4) is 0 Å². The van der Waals surface area contributed by atoms with Crippen molar-refractivity contribution in [1.29, 1.82) is 0 Å². The van der Waals surface area contributed by atoms with Crippen LogP contribution in [-0.2, 0) is 0 Å². The second kappa shape index (κ2) is 6.72. The summed E-state index contributed by atoms with van der Waals surface area (Å²) in [4.78, 5) is 3.93. The number of piperidine rings is 1. The highest BCUT2D eigenvalue weighted by atomic mass is 32.2. The van der Waals surface area contributed by atoms with E-state index >= 15 is 0 Å². The summed E-state index contributed by atoms with van der Waals surface area (Å²) in [6.45, 7) is 5.45. The van der Waals surface area contributed by atoms with E-state index in [1.165, 1.54) is 29.7 Å². The van der Waals surface area contributed by atoms with E-state index in [-0.39, 0.29) is 5.60 Å². The lowest BCUT2D eigenvalue weighted by Gasteiger charge is -2.47. The van der Waals surface area contributed by atoms with Crippen LogP contribution in [0.1, 0.15) is 37.7 Å². The van der Waals surface area contributed by atoms with Crippen LogP contribution >= 0.6 is 11.8 Å².